The van der Waals surface area contributed by atoms with Crippen LogP contribution in [0.5, 0.6) is 0 Å². The average molecular weight is 313 g/mol. The summed E-state index contributed by atoms with van der Waals surface area (Å²) >= 11 is 0. The molecule has 0 aromatic carbocycles. The van der Waals surface area contributed by atoms with E-state index < -0.39 is 16.8 Å². The molecule has 2 unspecified atom stereocenters. The number of nitrogens with zero attached hydrogens (tertiary/aromatic N) is 1. The maximum absolute atomic E-state index is 12.1. The molecular formula is C15H23NO4S. The molecule has 1 rings (SSSR count). The standard InChI is InChI=1S/C15H23NO4S/c1-6-20-15(18)14-10(2)9-13(17)16(12(14)4)8-7-11(3)21(5)19/h9,11H,6-8H2,1-5H3. The van der Waals surface area contributed by atoms with Crippen molar-refractivity contribution in [2.75, 3.05) is 12.9 Å². The van der Waals surface area contributed by atoms with E-state index in [0.717, 1.165) is 0 Å². The first-order chi connectivity index (χ1) is 9.79. The highest BCUT2D eigenvalue weighted by molar-refractivity contribution is 7.84. The summed E-state index contributed by atoms with van der Waals surface area (Å²) in [6, 6.07) is 1.45. The van der Waals surface area contributed by atoms with E-state index in [2.05, 4.69) is 0 Å². The molecule has 0 aliphatic rings. The number of ether oxygens (including phenoxy) is 1. The van der Waals surface area contributed by atoms with Gasteiger partial charge in [-0.05, 0) is 32.8 Å². The summed E-state index contributed by atoms with van der Waals surface area (Å²) in [5.41, 5.74) is 1.53. The van der Waals surface area contributed by atoms with Gasteiger partial charge >= 0.3 is 5.97 Å². The van der Waals surface area contributed by atoms with Gasteiger partial charge < -0.3 is 9.30 Å². The van der Waals surface area contributed by atoms with Crippen LogP contribution >= 0.6 is 0 Å². The minimum Gasteiger partial charge on any atom is -0.462 e. The van der Waals surface area contributed by atoms with Crippen molar-refractivity contribution in [2.24, 2.45) is 0 Å². The first-order valence-electron chi connectivity index (χ1n) is 7.00. The van der Waals surface area contributed by atoms with Crippen LogP contribution in [-0.2, 0) is 22.1 Å². The van der Waals surface area contributed by atoms with Crippen molar-refractivity contribution in [2.45, 2.75) is 45.9 Å². The normalized spacial score (nSPS) is 13.8. The van der Waals surface area contributed by atoms with Gasteiger partial charge in [0.25, 0.3) is 5.56 Å². The van der Waals surface area contributed by atoms with Gasteiger partial charge in [-0.15, -0.1) is 0 Å². The molecule has 1 heterocycles. The van der Waals surface area contributed by atoms with Gasteiger partial charge in [0.05, 0.1) is 12.2 Å². The predicted octanol–water partition coefficient (Wildman–Crippen LogP) is 1.80. The fraction of sp³-hybridized carbons (Fsp3) is 0.600. The Morgan fingerprint density at radius 3 is 2.57 bits per heavy atom. The topological polar surface area (TPSA) is 65.4 Å². The molecule has 0 saturated heterocycles. The highest BCUT2D eigenvalue weighted by atomic mass is 32.2. The van der Waals surface area contributed by atoms with E-state index in [1.54, 1.807) is 31.6 Å². The van der Waals surface area contributed by atoms with Crippen LogP contribution < -0.4 is 5.56 Å². The Kier molecular flexibility index (Phi) is 6.33. The summed E-state index contributed by atoms with van der Waals surface area (Å²) in [5, 5.41) is 0.00338. The van der Waals surface area contributed by atoms with Gasteiger partial charge in [0.1, 0.15) is 0 Å². The Morgan fingerprint density at radius 1 is 1.43 bits per heavy atom. The van der Waals surface area contributed by atoms with Gasteiger partial charge in [0.15, 0.2) is 0 Å². The number of carbonyl (C=O) groups is 1. The Morgan fingerprint density at radius 2 is 2.05 bits per heavy atom. The number of rotatable bonds is 6. The highest BCUT2D eigenvalue weighted by Crippen LogP contribution is 2.14. The molecule has 118 valence electrons. The number of pyridine rings is 1. The van der Waals surface area contributed by atoms with Gasteiger partial charge in [0, 0.05) is 40.6 Å². The third-order valence-electron chi connectivity index (χ3n) is 3.57. The monoisotopic (exact) mass is 313 g/mol. The minimum absolute atomic E-state index is 0.00338. The molecule has 0 radical (unpaired) electrons. The van der Waals surface area contributed by atoms with E-state index in [1.807, 2.05) is 6.92 Å². The van der Waals surface area contributed by atoms with Crippen molar-refractivity contribution in [3.8, 4) is 0 Å². The first kappa shape index (κ1) is 17.6. The molecule has 2 atom stereocenters. The molecule has 0 N–H and O–H groups in total. The molecule has 21 heavy (non-hydrogen) atoms. The fourth-order valence-corrected chi connectivity index (χ4v) is 2.62. The summed E-state index contributed by atoms with van der Waals surface area (Å²) in [5.74, 6) is -0.409. The van der Waals surface area contributed by atoms with Gasteiger partial charge in [-0.1, -0.05) is 6.92 Å². The van der Waals surface area contributed by atoms with Crippen LogP contribution in [0.4, 0.5) is 0 Å². The third-order valence-corrected chi connectivity index (χ3v) is 4.94. The lowest BCUT2D eigenvalue weighted by atomic mass is 10.1. The maximum atomic E-state index is 12.1. The Hall–Kier alpha value is -1.43. The van der Waals surface area contributed by atoms with Crippen molar-refractivity contribution in [1.29, 1.82) is 0 Å². The van der Waals surface area contributed by atoms with Crippen molar-refractivity contribution < 1.29 is 13.7 Å². The number of carbonyl (C=O) groups excluding carboxylic acids is 1. The molecule has 0 fully saturated rings. The van der Waals surface area contributed by atoms with E-state index >= 15 is 0 Å². The second-order valence-corrected chi connectivity index (χ2v) is 6.90. The lowest BCUT2D eigenvalue weighted by Gasteiger charge is -2.16. The third kappa shape index (κ3) is 4.27. The molecule has 1 aromatic rings. The summed E-state index contributed by atoms with van der Waals surface area (Å²) in [7, 11) is -0.926. The minimum atomic E-state index is -0.926. The smallest absolute Gasteiger partial charge is 0.340 e. The Balaban J connectivity index is 3.15. The molecular weight excluding hydrogens is 290 g/mol. The van der Waals surface area contributed by atoms with E-state index in [1.165, 1.54) is 6.07 Å². The molecule has 1 aromatic heterocycles. The molecule has 5 nitrogen and oxygen atoms in total. The molecule has 0 amide bonds. The Bertz CT molecular complexity index is 606. The Labute approximate surface area is 127 Å². The van der Waals surface area contributed by atoms with E-state index in [0.29, 0.717) is 36.4 Å². The van der Waals surface area contributed by atoms with Gasteiger partial charge in [-0.25, -0.2) is 4.79 Å². The second kappa shape index (κ2) is 7.54. The molecule has 0 aliphatic heterocycles. The number of aromatic nitrogens is 1. The quantitative estimate of drug-likeness (QED) is 0.751. The number of esters is 1. The lowest BCUT2D eigenvalue weighted by Crippen LogP contribution is -2.27. The largest absolute Gasteiger partial charge is 0.462 e. The van der Waals surface area contributed by atoms with Crippen LogP contribution in [0.15, 0.2) is 10.9 Å². The SMILES string of the molecule is CCOC(=O)c1c(C)cc(=O)n(CCC(C)S(C)=O)c1C. The molecule has 0 aliphatic carbocycles. The zero-order valence-corrected chi connectivity index (χ0v) is 14.1. The molecule has 6 heteroatoms. The van der Waals surface area contributed by atoms with Crippen molar-refractivity contribution in [1.82, 2.24) is 4.57 Å². The van der Waals surface area contributed by atoms with Crippen LogP contribution in [-0.4, -0.2) is 32.9 Å². The van der Waals surface area contributed by atoms with Gasteiger partial charge in [-0.3, -0.25) is 9.00 Å². The van der Waals surface area contributed by atoms with Crippen molar-refractivity contribution >= 4 is 16.8 Å². The van der Waals surface area contributed by atoms with E-state index in [4.69, 9.17) is 4.74 Å². The molecule has 0 bridgehead atoms. The summed E-state index contributed by atoms with van der Waals surface area (Å²) in [6.45, 7) is 7.84. The van der Waals surface area contributed by atoms with E-state index in [-0.39, 0.29) is 10.8 Å². The zero-order chi connectivity index (χ0) is 16.2. The van der Waals surface area contributed by atoms with Crippen LogP contribution in [0.1, 0.15) is 41.9 Å². The van der Waals surface area contributed by atoms with E-state index in [9.17, 15) is 13.8 Å². The highest BCUT2D eigenvalue weighted by Gasteiger charge is 2.18. The van der Waals surface area contributed by atoms with Crippen LogP contribution in [0.3, 0.4) is 0 Å². The van der Waals surface area contributed by atoms with Crippen molar-refractivity contribution in [3.63, 3.8) is 0 Å². The predicted molar refractivity (Wildman–Crippen MR) is 84.3 cm³/mol. The number of hydrogen-bond donors (Lipinski definition) is 0. The molecule has 0 spiro atoms. The summed E-state index contributed by atoms with van der Waals surface area (Å²) < 4.78 is 18.0. The maximum Gasteiger partial charge on any atom is 0.340 e. The second-order valence-electron chi connectivity index (χ2n) is 5.10. The number of hydrogen-bond acceptors (Lipinski definition) is 4. The molecule has 0 saturated carbocycles. The number of aryl methyl sites for hydroxylation is 1. The fourth-order valence-electron chi connectivity index (χ4n) is 2.19. The van der Waals surface area contributed by atoms with Gasteiger partial charge in [0.2, 0.25) is 0 Å². The van der Waals surface area contributed by atoms with Crippen LogP contribution in [0.2, 0.25) is 0 Å². The lowest BCUT2D eigenvalue weighted by molar-refractivity contribution is 0.0523. The van der Waals surface area contributed by atoms with Crippen molar-refractivity contribution in [3.05, 3.63) is 33.2 Å². The zero-order valence-electron chi connectivity index (χ0n) is 13.3. The van der Waals surface area contributed by atoms with Crippen LogP contribution in [0.25, 0.3) is 0 Å². The van der Waals surface area contributed by atoms with Crippen LogP contribution in [0, 0.1) is 13.8 Å². The summed E-state index contributed by atoms with van der Waals surface area (Å²) in [6.07, 6.45) is 2.27. The summed E-state index contributed by atoms with van der Waals surface area (Å²) in [4.78, 5) is 24.1. The van der Waals surface area contributed by atoms with Gasteiger partial charge in [-0.2, -0.15) is 0 Å². The first-order valence-corrected chi connectivity index (χ1v) is 8.62. The average Bonchev–Trinajstić information content (AvgIpc) is 2.37.